The van der Waals surface area contributed by atoms with E-state index >= 15 is 0 Å². The van der Waals surface area contributed by atoms with Gasteiger partial charge in [0.1, 0.15) is 18.7 Å². The topological polar surface area (TPSA) is 58.3 Å². The van der Waals surface area contributed by atoms with Crippen LogP contribution in [0, 0.1) is 0 Å². The molecule has 0 aromatic carbocycles. The van der Waals surface area contributed by atoms with Gasteiger partial charge in [0.25, 0.3) is 0 Å². The summed E-state index contributed by atoms with van der Waals surface area (Å²) in [7, 11) is 0. The average Bonchev–Trinajstić information content (AvgIpc) is 2.87. The summed E-state index contributed by atoms with van der Waals surface area (Å²) in [6.07, 6.45) is 14.9. The van der Waals surface area contributed by atoms with Gasteiger partial charge in [0.2, 0.25) is 0 Å². The summed E-state index contributed by atoms with van der Waals surface area (Å²) in [5.74, 6) is 1.25. The largest absolute Gasteiger partial charge is 0.382 e. The predicted molar refractivity (Wildman–Crippen MR) is 98.8 cm³/mol. The summed E-state index contributed by atoms with van der Waals surface area (Å²) >= 11 is 6.19. The van der Waals surface area contributed by atoms with Gasteiger partial charge in [-0.15, -0.1) is 0 Å². The zero-order valence-electron chi connectivity index (χ0n) is 14.3. The third kappa shape index (κ3) is 5.41. The minimum absolute atomic E-state index is 0.519. The van der Waals surface area contributed by atoms with Gasteiger partial charge >= 0.3 is 0 Å². The first-order valence-corrected chi connectivity index (χ1v) is 9.36. The number of unbranched alkanes of at least 4 members (excludes halogenated alkanes) is 9. The van der Waals surface area contributed by atoms with Crippen LogP contribution in [0.25, 0.3) is 0 Å². The SMILES string of the molecule is CCCCCCCCCCCCN1CN(Cl)c2ncnc(N)c21. The van der Waals surface area contributed by atoms with Crippen LogP contribution in [0.3, 0.4) is 0 Å². The molecule has 5 nitrogen and oxygen atoms in total. The highest BCUT2D eigenvalue weighted by atomic mass is 35.5. The highest BCUT2D eigenvalue weighted by Gasteiger charge is 2.28. The Kier molecular flexibility index (Phi) is 7.72. The molecule has 0 aliphatic carbocycles. The molecule has 0 spiro atoms. The molecule has 130 valence electrons. The summed E-state index contributed by atoms with van der Waals surface area (Å²) in [5, 5.41) is 0. The third-order valence-corrected chi connectivity index (χ3v) is 4.72. The molecule has 1 aliphatic heterocycles. The van der Waals surface area contributed by atoms with Crippen LogP contribution in [-0.4, -0.2) is 23.2 Å². The maximum Gasteiger partial charge on any atom is 0.174 e. The molecule has 0 atom stereocenters. The van der Waals surface area contributed by atoms with Gasteiger partial charge in [0.15, 0.2) is 11.6 Å². The zero-order valence-corrected chi connectivity index (χ0v) is 15.1. The summed E-state index contributed by atoms with van der Waals surface area (Å²) in [6.45, 7) is 3.86. The molecule has 1 aromatic heterocycles. The molecule has 0 bridgehead atoms. The van der Waals surface area contributed by atoms with E-state index in [0.717, 1.165) is 24.5 Å². The molecule has 1 aromatic rings. The maximum absolute atomic E-state index is 6.19. The Balaban J connectivity index is 1.58. The maximum atomic E-state index is 6.19. The van der Waals surface area contributed by atoms with Crippen molar-refractivity contribution in [2.24, 2.45) is 0 Å². The van der Waals surface area contributed by atoms with E-state index in [1.165, 1.54) is 64.1 Å². The molecule has 0 fully saturated rings. The number of rotatable bonds is 11. The smallest absolute Gasteiger partial charge is 0.174 e. The summed E-state index contributed by atoms with van der Waals surface area (Å²) in [6, 6.07) is 0. The fourth-order valence-electron chi connectivity index (χ4n) is 3.12. The van der Waals surface area contributed by atoms with Crippen molar-refractivity contribution in [2.45, 2.75) is 71.1 Å². The van der Waals surface area contributed by atoms with Gasteiger partial charge in [-0.25, -0.2) is 14.4 Å². The lowest BCUT2D eigenvalue weighted by molar-refractivity contribution is 0.555. The van der Waals surface area contributed by atoms with E-state index in [0.29, 0.717) is 12.5 Å². The molecule has 0 radical (unpaired) electrons. The van der Waals surface area contributed by atoms with Crippen molar-refractivity contribution in [3.05, 3.63) is 6.33 Å². The van der Waals surface area contributed by atoms with Crippen LogP contribution in [0.4, 0.5) is 17.3 Å². The van der Waals surface area contributed by atoms with Crippen molar-refractivity contribution >= 4 is 29.1 Å². The third-order valence-electron chi connectivity index (χ3n) is 4.45. The van der Waals surface area contributed by atoms with E-state index in [2.05, 4.69) is 21.8 Å². The van der Waals surface area contributed by atoms with E-state index in [9.17, 15) is 0 Å². The first kappa shape index (κ1) is 18.1. The van der Waals surface area contributed by atoms with Crippen LogP contribution >= 0.6 is 11.8 Å². The van der Waals surface area contributed by atoms with Gasteiger partial charge in [0, 0.05) is 18.3 Å². The Morgan fingerprint density at radius 2 is 1.61 bits per heavy atom. The van der Waals surface area contributed by atoms with Crippen LogP contribution in [0.2, 0.25) is 0 Å². The first-order chi connectivity index (χ1) is 11.2. The van der Waals surface area contributed by atoms with E-state index in [1.807, 2.05) is 0 Å². The van der Waals surface area contributed by atoms with E-state index in [4.69, 9.17) is 17.5 Å². The predicted octanol–water partition coefficient (Wildman–Crippen LogP) is 4.72. The van der Waals surface area contributed by atoms with Crippen LogP contribution in [0.15, 0.2) is 6.33 Å². The Morgan fingerprint density at radius 1 is 1.00 bits per heavy atom. The number of hydrogen-bond donors (Lipinski definition) is 1. The number of anilines is 3. The van der Waals surface area contributed by atoms with Crippen molar-refractivity contribution in [1.82, 2.24) is 9.97 Å². The van der Waals surface area contributed by atoms with Crippen molar-refractivity contribution in [2.75, 3.05) is 28.3 Å². The summed E-state index contributed by atoms with van der Waals surface area (Å²) < 4.78 is 1.61. The monoisotopic (exact) mass is 339 g/mol. The lowest BCUT2D eigenvalue weighted by Crippen LogP contribution is -2.27. The Labute approximate surface area is 145 Å². The van der Waals surface area contributed by atoms with Gasteiger partial charge in [-0.1, -0.05) is 64.7 Å². The molecular formula is C17H30ClN5. The van der Waals surface area contributed by atoms with E-state index < -0.39 is 0 Å². The van der Waals surface area contributed by atoms with Crippen molar-refractivity contribution in [3.63, 3.8) is 0 Å². The van der Waals surface area contributed by atoms with Gasteiger partial charge in [0.05, 0.1) is 0 Å². The zero-order chi connectivity index (χ0) is 16.5. The fourth-order valence-corrected chi connectivity index (χ4v) is 3.38. The number of fused-ring (bicyclic) bond motifs is 1. The molecule has 2 N–H and O–H groups in total. The molecule has 2 heterocycles. The van der Waals surface area contributed by atoms with Crippen molar-refractivity contribution < 1.29 is 0 Å². The minimum atomic E-state index is 0.519. The molecular weight excluding hydrogens is 310 g/mol. The number of hydrogen-bond acceptors (Lipinski definition) is 5. The van der Waals surface area contributed by atoms with Crippen LogP contribution in [-0.2, 0) is 0 Å². The number of nitrogen functional groups attached to an aromatic ring is 1. The van der Waals surface area contributed by atoms with Gasteiger partial charge in [-0.2, -0.15) is 0 Å². The van der Waals surface area contributed by atoms with Crippen LogP contribution < -0.4 is 15.1 Å². The highest BCUT2D eigenvalue weighted by Crippen LogP contribution is 2.38. The Morgan fingerprint density at radius 3 is 2.26 bits per heavy atom. The van der Waals surface area contributed by atoms with E-state index in [1.54, 1.807) is 4.42 Å². The molecule has 6 heteroatoms. The summed E-state index contributed by atoms with van der Waals surface area (Å²) in [5.41, 5.74) is 6.85. The molecule has 2 rings (SSSR count). The Bertz CT molecular complexity index is 468. The second-order valence-electron chi connectivity index (χ2n) is 6.38. The second kappa shape index (κ2) is 9.81. The Hall–Kier alpha value is -1.23. The fraction of sp³-hybridized carbons (Fsp3) is 0.765. The number of aromatic nitrogens is 2. The van der Waals surface area contributed by atoms with Gasteiger partial charge in [-0.05, 0) is 6.42 Å². The lowest BCUT2D eigenvalue weighted by Gasteiger charge is -2.18. The number of halogens is 1. The minimum Gasteiger partial charge on any atom is -0.382 e. The van der Waals surface area contributed by atoms with Crippen molar-refractivity contribution in [1.29, 1.82) is 0 Å². The standard InChI is InChI=1S/C17H30ClN5/c1-2-3-4-5-6-7-8-9-10-11-12-22-14-23(18)17-15(22)16(19)20-13-21-17/h13H,2-12,14H2,1H3,(H2,19,20,21). The lowest BCUT2D eigenvalue weighted by atomic mass is 10.1. The molecule has 0 saturated carbocycles. The molecule has 0 unspecified atom stereocenters. The van der Waals surface area contributed by atoms with Crippen LogP contribution in [0.5, 0.6) is 0 Å². The number of nitrogens with two attached hydrogens (primary N) is 1. The number of nitrogens with zero attached hydrogens (tertiary/aromatic N) is 4. The van der Waals surface area contributed by atoms with Crippen molar-refractivity contribution in [3.8, 4) is 0 Å². The molecule has 0 saturated heterocycles. The van der Waals surface area contributed by atoms with E-state index in [-0.39, 0.29) is 0 Å². The highest BCUT2D eigenvalue weighted by molar-refractivity contribution is 6.27. The van der Waals surface area contributed by atoms with Gasteiger partial charge in [-0.3, -0.25) is 0 Å². The molecule has 0 amide bonds. The first-order valence-electron chi connectivity index (χ1n) is 9.02. The average molecular weight is 340 g/mol. The second-order valence-corrected chi connectivity index (χ2v) is 6.79. The molecule has 23 heavy (non-hydrogen) atoms. The normalized spacial score (nSPS) is 13.7. The summed E-state index contributed by atoms with van der Waals surface area (Å²) in [4.78, 5) is 10.5. The van der Waals surface area contributed by atoms with Gasteiger partial charge < -0.3 is 10.6 Å². The quantitative estimate of drug-likeness (QED) is 0.467. The van der Waals surface area contributed by atoms with Crippen LogP contribution in [0.1, 0.15) is 71.1 Å². The molecule has 1 aliphatic rings.